The van der Waals surface area contributed by atoms with Crippen LogP contribution in [0.2, 0.25) is 0 Å². The van der Waals surface area contributed by atoms with Crippen LogP contribution in [0.4, 0.5) is 4.39 Å². The minimum atomic E-state index is -3.64. The van der Waals surface area contributed by atoms with Gasteiger partial charge in [-0.05, 0) is 49.8 Å². The quantitative estimate of drug-likeness (QED) is 0.856. The molecule has 0 unspecified atom stereocenters. The molecule has 0 radical (unpaired) electrons. The summed E-state index contributed by atoms with van der Waals surface area (Å²) in [4.78, 5) is 0.0250. The topological polar surface area (TPSA) is 46.6 Å². The maximum absolute atomic E-state index is 13.9. The van der Waals surface area contributed by atoms with Crippen LogP contribution in [0.15, 0.2) is 23.1 Å². The summed E-state index contributed by atoms with van der Waals surface area (Å²) >= 11 is 0. The zero-order valence-electron chi connectivity index (χ0n) is 12.8. The fraction of sp³-hybridized carbons (Fsp3) is 0.625. The van der Waals surface area contributed by atoms with E-state index < -0.39 is 15.8 Å². The van der Waals surface area contributed by atoms with Crippen molar-refractivity contribution in [3.8, 4) is 5.75 Å². The van der Waals surface area contributed by atoms with Crippen molar-refractivity contribution in [1.29, 1.82) is 0 Å². The van der Waals surface area contributed by atoms with Crippen LogP contribution in [0, 0.1) is 11.7 Å². The van der Waals surface area contributed by atoms with Crippen molar-refractivity contribution >= 4 is 10.0 Å². The van der Waals surface area contributed by atoms with Crippen LogP contribution >= 0.6 is 0 Å². The number of nitrogens with zero attached hydrogens (tertiary/aromatic N) is 1. The molecule has 0 amide bonds. The average Bonchev–Trinajstić information content (AvgIpc) is 2.54. The molecule has 1 aliphatic heterocycles. The third kappa shape index (κ3) is 2.74. The number of hydrogen-bond acceptors (Lipinski definition) is 3. The van der Waals surface area contributed by atoms with Gasteiger partial charge < -0.3 is 4.74 Å². The Hall–Kier alpha value is -1.14. The van der Waals surface area contributed by atoms with E-state index in [-0.39, 0.29) is 16.7 Å². The second-order valence-electron chi connectivity index (χ2n) is 6.17. The molecule has 6 heteroatoms. The van der Waals surface area contributed by atoms with Crippen LogP contribution in [-0.2, 0) is 10.0 Å². The van der Waals surface area contributed by atoms with Crippen molar-refractivity contribution < 1.29 is 17.5 Å². The number of benzene rings is 1. The minimum absolute atomic E-state index is 0.0250. The van der Waals surface area contributed by atoms with E-state index in [2.05, 4.69) is 0 Å². The Morgan fingerprint density at radius 2 is 1.91 bits per heavy atom. The molecule has 22 heavy (non-hydrogen) atoms. The molecule has 3 rings (SSSR count). The van der Waals surface area contributed by atoms with Gasteiger partial charge in [-0.15, -0.1) is 0 Å². The van der Waals surface area contributed by atoms with Gasteiger partial charge in [0.05, 0.1) is 12.0 Å². The molecule has 4 nitrogen and oxygen atoms in total. The van der Waals surface area contributed by atoms with Gasteiger partial charge in [-0.3, -0.25) is 0 Å². The van der Waals surface area contributed by atoms with Crippen LogP contribution in [0.5, 0.6) is 5.75 Å². The maximum atomic E-state index is 13.9. The van der Waals surface area contributed by atoms with E-state index in [9.17, 15) is 12.8 Å². The van der Waals surface area contributed by atoms with Gasteiger partial charge in [-0.1, -0.05) is 12.8 Å². The Morgan fingerprint density at radius 1 is 1.18 bits per heavy atom. The monoisotopic (exact) mass is 327 g/mol. The molecule has 1 aromatic carbocycles. The molecule has 2 fully saturated rings. The van der Waals surface area contributed by atoms with Crippen LogP contribution in [0.25, 0.3) is 0 Å². The summed E-state index contributed by atoms with van der Waals surface area (Å²) in [6.45, 7) is 0.539. The van der Waals surface area contributed by atoms with Crippen LogP contribution in [0.1, 0.15) is 38.5 Å². The molecule has 1 saturated heterocycles. The van der Waals surface area contributed by atoms with E-state index in [1.54, 1.807) is 4.31 Å². The number of sulfonamides is 1. The predicted molar refractivity (Wildman–Crippen MR) is 81.8 cm³/mol. The van der Waals surface area contributed by atoms with Crippen molar-refractivity contribution in [1.82, 2.24) is 4.31 Å². The molecular weight excluding hydrogens is 305 g/mol. The molecule has 122 valence electrons. The smallest absolute Gasteiger partial charge is 0.243 e. The number of fused-ring (bicyclic) bond motifs is 1. The van der Waals surface area contributed by atoms with Gasteiger partial charge in [0.15, 0.2) is 11.6 Å². The number of hydrogen-bond donors (Lipinski definition) is 0. The van der Waals surface area contributed by atoms with Gasteiger partial charge in [-0.25, -0.2) is 12.8 Å². The number of ether oxygens (including phenoxy) is 1. The van der Waals surface area contributed by atoms with E-state index in [0.717, 1.165) is 38.2 Å². The van der Waals surface area contributed by atoms with Crippen molar-refractivity contribution in [2.75, 3.05) is 13.7 Å². The molecule has 2 aliphatic rings. The summed E-state index contributed by atoms with van der Waals surface area (Å²) in [6.07, 6.45) is 6.28. The molecule has 1 aliphatic carbocycles. The Labute approximate surface area is 131 Å². The standard InChI is InChI=1S/C16H22FNO3S/c1-21-16-9-8-13(11-14(16)17)22(19,20)18-10-4-6-12-5-2-3-7-15(12)18/h8-9,11-12,15H,2-7,10H2,1H3/t12-,15+/m1/s1. The SMILES string of the molecule is COc1ccc(S(=O)(=O)N2CCC[C@H]3CCCC[C@@H]32)cc1F. The first-order valence-electron chi connectivity index (χ1n) is 7.89. The number of methoxy groups -OCH3 is 1. The van der Waals surface area contributed by atoms with Gasteiger partial charge in [0.25, 0.3) is 0 Å². The second kappa shape index (κ2) is 6.16. The number of halogens is 1. The van der Waals surface area contributed by atoms with E-state index in [1.807, 2.05) is 0 Å². The van der Waals surface area contributed by atoms with Gasteiger partial charge in [0.1, 0.15) is 0 Å². The summed E-state index contributed by atoms with van der Waals surface area (Å²) in [5.41, 5.74) is 0. The van der Waals surface area contributed by atoms with E-state index in [1.165, 1.54) is 25.7 Å². The van der Waals surface area contributed by atoms with Crippen molar-refractivity contribution in [3.63, 3.8) is 0 Å². The third-order valence-electron chi connectivity index (χ3n) is 4.92. The first kappa shape index (κ1) is 15.7. The predicted octanol–water partition coefficient (Wildman–Crippen LogP) is 3.18. The highest BCUT2D eigenvalue weighted by Gasteiger charge is 2.40. The number of rotatable bonds is 3. The average molecular weight is 327 g/mol. The summed E-state index contributed by atoms with van der Waals surface area (Å²) in [6, 6.07) is 3.96. The van der Waals surface area contributed by atoms with Crippen molar-refractivity contribution in [2.45, 2.75) is 49.5 Å². The zero-order valence-corrected chi connectivity index (χ0v) is 13.6. The van der Waals surface area contributed by atoms with Gasteiger partial charge in [0.2, 0.25) is 10.0 Å². The highest BCUT2D eigenvalue weighted by atomic mass is 32.2. The van der Waals surface area contributed by atoms with E-state index in [0.29, 0.717) is 12.5 Å². The summed E-state index contributed by atoms with van der Waals surface area (Å²) in [5.74, 6) is -0.116. The van der Waals surface area contributed by atoms with E-state index >= 15 is 0 Å². The normalized spacial score (nSPS) is 26.5. The molecule has 0 aromatic heterocycles. The molecular formula is C16H22FNO3S. The lowest BCUT2D eigenvalue weighted by atomic mass is 9.79. The Kier molecular flexibility index (Phi) is 4.41. The maximum Gasteiger partial charge on any atom is 0.243 e. The van der Waals surface area contributed by atoms with Crippen molar-refractivity contribution in [2.24, 2.45) is 5.92 Å². The zero-order chi connectivity index (χ0) is 15.7. The third-order valence-corrected chi connectivity index (χ3v) is 6.84. The Balaban J connectivity index is 1.92. The fourth-order valence-corrected chi connectivity index (χ4v) is 5.59. The summed E-state index contributed by atoms with van der Waals surface area (Å²) < 4.78 is 46.2. The molecule has 1 aromatic rings. The highest BCUT2D eigenvalue weighted by molar-refractivity contribution is 7.89. The highest BCUT2D eigenvalue weighted by Crippen LogP contribution is 2.38. The van der Waals surface area contributed by atoms with Gasteiger partial charge in [-0.2, -0.15) is 4.31 Å². The van der Waals surface area contributed by atoms with Crippen LogP contribution < -0.4 is 4.74 Å². The molecule has 2 atom stereocenters. The lowest BCUT2D eigenvalue weighted by molar-refractivity contribution is 0.129. The molecule has 0 spiro atoms. The summed E-state index contributed by atoms with van der Waals surface area (Å²) in [5, 5.41) is 0. The second-order valence-corrected chi connectivity index (χ2v) is 8.06. The van der Waals surface area contributed by atoms with Gasteiger partial charge in [0, 0.05) is 12.6 Å². The minimum Gasteiger partial charge on any atom is -0.494 e. The Morgan fingerprint density at radius 3 is 2.64 bits per heavy atom. The first-order valence-corrected chi connectivity index (χ1v) is 9.33. The lowest BCUT2D eigenvalue weighted by Crippen LogP contribution is -2.49. The fourth-order valence-electron chi connectivity index (χ4n) is 3.82. The summed E-state index contributed by atoms with van der Waals surface area (Å²) in [7, 11) is -2.28. The largest absolute Gasteiger partial charge is 0.494 e. The molecule has 1 heterocycles. The van der Waals surface area contributed by atoms with E-state index in [4.69, 9.17) is 4.74 Å². The lowest BCUT2D eigenvalue weighted by Gasteiger charge is -2.43. The van der Waals surface area contributed by atoms with Gasteiger partial charge >= 0.3 is 0 Å². The van der Waals surface area contributed by atoms with Crippen LogP contribution in [-0.4, -0.2) is 32.4 Å². The van der Waals surface area contributed by atoms with Crippen LogP contribution in [0.3, 0.4) is 0 Å². The van der Waals surface area contributed by atoms with Crippen molar-refractivity contribution in [3.05, 3.63) is 24.0 Å². The first-order chi connectivity index (χ1) is 10.5. The molecule has 0 N–H and O–H groups in total. The number of piperidine rings is 1. The molecule has 0 bridgehead atoms. The Bertz CT molecular complexity index is 645. The molecule has 1 saturated carbocycles.